The maximum absolute atomic E-state index is 14.0. The van der Waals surface area contributed by atoms with Crippen LogP contribution >= 0.6 is 23.4 Å². The minimum absolute atomic E-state index is 0.0510. The first-order valence-electron chi connectivity index (χ1n) is 9.78. The zero-order chi connectivity index (χ0) is 22.6. The lowest BCUT2D eigenvalue weighted by atomic mass is 10.0. The van der Waals surface area contributed by atoms with Crippen molar-refractivity contribution in [1.29, 1.82) is 0 Å². The van der Waals surface area contributed by atoms with Crippen LogP contribution in [-0.2, 0) is 4.79 Å². The highest BCUT2D eigenvalue weighted by Crippen LogP contribution is 2.46. The van der Waals surface area contributed by atoms with Gasteiger partial charge in [0.2, 0.25) is 0 Å². The summed E-state index contributed by atoms with van der Waals surface area (Å²) in [5.74, 6) is -0.871. The van der Waals surface area contributed by atoms with E-state index in [1.807, 2.05) is 25.1 Å². The first-order valence-corrected chi connectivity index (χ1v) is 11.0. The smallest absolute Gasteiger partial charge is 0.329 e. The predicted molar refractivity (Wildman–Crippen MR) is 124 cm³/mol. The molecule has 2 aliphatic heterocycles. The number of methoxy groups -OCH3 is 1. The minimum Gasteiger partial charge on any atom is -0.494 e. The van der Waals surface area contributed by atoms with Crippen molar-refractivity contribution in [3.63, 3.8) is 0 Å². The number of halogens is 2. The number of carbonyl (C=O) groups is 2. The molecule has 5 rings (SSSR count). The molecule has 2 aliphatic rings. The lowest BCUT2D eigenvalue weighted by molar-refractivity contribution is -0.118. The van der Waals surface area contributed by atoms with Gasteiger partial charge >= 0.3 is 6.03 Å². The van der Waals surface area contributed by atoms with Crippen LogP contribution in [0.4, 0.5) is 14.9 Å². The number of hydrogen-bond donors (Lipinski definition) is 1. The highest BCUT2D eigenvalue weighted by molar-refractivity contribution is 8.09. The molecule has 2 atom stereocenters. The number of rotatable bonds is 3. The fourth-order valence-electron chi connectivity index (χ4n) is 4.08. The maximum Gasteiger partial charge on any atom is 0.329 e. The van der Waals surface area contributed by atoms with E-state index in [4.69, 9.17) is 16.3 Å². The average molecular weight is 470 g/mol. The van der Waals surface area contributed by atoms with Crippen molar-refractivity contribution < 1.29 is 18.7 Å². The molecule has 1 fully saturated rings. The van der Waals surface area contributed by atoms with Crippen molar-refractivity contribution in [2.24, 2.45) is 0 Å². The molecule has 3 amide bonds. The molecule has 32 heavy (non-hydrogen) atoms. The lowest BCUT2D eigenvalue weighted by Crippen LogP contribution is -2.60. The normalized spacial score (nSPS) is 20.2. The first-order chi connectivity index (χ1) is 15.4. The molecular formula is C23H17ClFN3O3S. The molecule has 2 aromatic carbocycles. The number of fused-ring (bicyclic) bond motifs is 2. The third-order valence-electron chi connectivity index (χ3n) is 5.59. The molecular weight excluding hydrogens is 453 g/mol. The van der Waals surface area contributed by atoms with Crippen molar-refractivity contribution in [3.05, 3.63) is 70.8 Å². The number of benzene rings is 2. The molecule has 3 aromatic rings. The van der Waals surface area contributed by atoms with Gasteiger partial charge in [0.1, 0.15) is 5.25 Å². The number of pyridine rings is 1. The molecule has 0 radical (unpaired) electrons. The Kier molecular flexibility index (Phi) is 5.06. The van der Waals surface area contributed by atoms with Gasteiger partial charge in [0, 0.05) is 27.4 Å². The van der Waals surface area contributed by atoms with Gasteiger partial charge in [0.15, 0.2) is 11.6 Å². The van der Waals surface area contributed by atoms with Gasteiger partial charge in [-0.15, -0.1) is 11.8 Å². The third kappa shape index (κ3) is 3.22. The van der Waals surface area contributed by atoms with Crippen molar-refractivity contribution in [3.8, 4) is 5.75 Å². The molecule has 0 saturated carbocycles. The van der Waals surface area contributed by atoms with Crippen molar-refractivity contribution in [1.82, 2.24) is 10.3 Å². The summed E-state index contributed by atoms with van der Waals surface area (Å²) in [7, 11) is 1.37. The number of ether oxygens (including phenoxy) is 1. The number of imide groups is 1. The van der Waals surface area contributed by atoms with Crippen LogP contribution in [0.25, 0.3) is 15.7 Å². The Morgan fingerprint density at radius 2 is 2.06 bits per heavy atom. The molecule has 0 bridgehead atoms. The Balaban J connectivity index is 1.52. The molecule has 0 aliphatic carbocycles. The predicted octanol–water partition coefficient (Wildman–Crippen LogP) is 4.93. The number of thioether (sulfide) groups is 1. The standard InChI is InChI=1S/C23H17ClFN3O3S/c1-11-4-3-5-12-9-26-10-17(20(11)12)28-22(29)21-16(27-23(28)30)8-19(32-21)13-6-18(31-2)15(25)7-14(13)24/h3-10,16,21H,1-2H3,(H,27,30). The van der Waals surface area contributed by atoms with E-state index in [0.29, 0.717) is 16.2 Å². The Hall–Kier alpha value is -3.10. The van der Waals surface area contributed by atoms with Gasteiger partial charge in [0.25, 0.3) is 5.91 Å². The van der Waals surface area contributed by atoms with Gasteiger partial charge in [-0.05, 0) is 30.7 Å². The largest absolute Gasteiger partial charge is 0.494 e. The average Bonchev–Trinajstić information content (AvgIpc) is 3.18. The number of aryl methyl sites for hydroxylation is 1. The molecule has 6 nitrogen and oxygen atoms in total. The quantitative estimate of drug-likeness (QED) is 0.589. The summed E-state index contributed by atoms with van der Waals surface area (Å²) in [4.78, 5) is 32.5. The molecule has 1 N–H and O–H groups in total. The van der Waals surface area contributed by atoms with Gasteiger partial charge in [-0.2, -0.15) is 0 Å². The van der Waals surface area contributed by atoms with E-state index < -0.39 is 23.1 Å². The molecule has 1 aromatic heterocycles. The summed E-state index contributed by atoms with van der Waals surface area (Å²) < 4.78 is 19.0. The SMILES string of the molecule is COc1cc(C2=CC3NC(=O)N(c4cncc5cccc(C)c45)C(=O)C3S2)c(Cl)cc1F. The minimum atomic E-state index is -0.589. The molecule has 1 saturated heterocycles. The van der Waals surface area contributed by atoms with E-state index >= 15 is 0 Å². The van der Waals surface area contributed by atoms with Crippen LogP contribution < -0.4 is 15.0 Å². The van der Waals surface area contributed by atoms with E-state index in [9.17, 15) is 14.0 Å². The molecule has 0 spiro atoms. The summed E-state index contributed by atoms with van der Waals surface area (Å²) in [6, 6.07) is 7.36. The third-order valence-corrected chi connectivity index (χ3v) is 7.26. The Labute approximate surface area is 192 Å². The summed E-state index contributed by atoms with van der Waals surface area (Å²) in [5.41, 5.74) is 1.92. The molecule has 162 valence electrons. The number of nitrogens with zero attached hydrogens (tertiary/aromatic N) is 2. The topological polar surface area (TPSA) is 71.5 Å². The summed E-state index contributed by atoms with van der Waals surface area (Å²) >= 11 is 7.55. The second-order valence-electron chi connectivity index (χ2n) is 7.52. The second kappa shape index (κ2) is 7.79. The highest BCUT2D eigenvalue weighted by atomic mass is 35.5. The number of aromatic nitrogens is 1. The monoisotopic (exact) mass is 469 g/mol. The van der Waals surface area contributed by atoms with E-state index in [1.165, 1.54) is 37.2 Å². The summed E-state index contributed by atoms with van der Waals surface area (Å²) in [6.07, 6.45) is 5.01. The van der Waals surface area contributed by atoms with Gasteiger partial charge in [0.05, 0.1) is 30.1 Å². The number of amides is 3. The molecule has 2 unspecified atom stereocenters. The van der Waals surface area contributed by atoms with Crippen LogP contribution in [0.15, 0.2) is 48.8 Å². The summed E-state index contributed by atoms with van der Waals surface area (Å²) in [5, 5.41) is 4.14. The van der Waals surface area contributed by atoms with Gasteiger partial charge in [-0.1, -0.05) is 29.8 Å². The molecule has 3 heterocycles. The van der Waals surface area contributed by atoms with Gasteiger partial charge in [-0.3, -0.25) is 9.78 Å². The summed E-state index contributed by atoms with van der Waals surface area (Å²) in [6.45, 7) is 1.93. The zero-order valence-electron chi connectivity index (χ0n) is 17.1. The zero-order valence-corrected chi connectivity index (χ0v) is 18.6. The van der Waals surface area contributed by atoms with E-state index in [0.717, 1.165) is 21.2 Å². The fraction of sp³-hybridized carbons (Fsp3) is 0.174. The van der Waals surface area contributed by atoms with Crippen LogP contribution in [0.2, 0.25) is 5.02 Å². The number of carbonyl (C=O) groups excluding carboxylic acids is 2. The van der Waals surface area contributed by atoms with Crippen molar-refractivity contribution >= 4 is 56.7 Å². The Bertz CT molecular complexity index is 1320. The van der Waals surface area contributed by atoms with E-state index in [-0.39, 0.29) is 16.7 Å². The van der Waals surface area contributed by atoms with Crippen molar-refractivity contribution in [2.75, 3.05) is 12.0 Å². The van der Waals surface area contributed by atoms with Crippen molar-refractivity contribution in [2.45, 2.75) is 18.2 Å². The van der Waals surface area contributed by atoms with Crippen LogP contribution in [0.5, 0.6) is 5.75 Å². The Morgan fingerprint density at radius 3 is 2.84 bits per heavy atom. The maximum atomic E-state index is 14.0. The number of urea groups is 1. The number of anilines is 1. The van der Waals surface area contributed by atoms with Gasteiger partial charge in [-0.25, -0.2) is 14.1 Å². The second-order valence-corrected chi connectivity index (χ2v) is 9.11. The highest BCUT2D eigenvalue weighted by Gasteiger charge is 2.46. The van der Waals surface area contributed by atoms with E-state index in [2.05, 4.69) is 10.3 Å². The Morgan fingerprint density at radius 1 is 1.25 bits per heavy atom. The lowest BCUT2D eigenvalue weighted by Gasteiger charge is -2.33. The van der Waals surface area contributed by atoms with Crippen LogP contribution in [0, 0.1) is 12.7 Å². The number of nitrogens with one attached hydrogen (secondary N) is 1. The van der Waals surface area contributed by atoms with Crippen LogP contribution in [0.1, 0.15) is 11.1 Å². The van der Waals surface area contributed by atoms with Crippen LogP contribution in [-0.4, -0.2) is 35.3 Å². The van der Waals surface area contributed by atoms with E-state index in [1.54, 1.807) is 12.3 Å². The molecule has 9 heteroatoms. The fourth-order valence-corrected chi connectivity index (χ4v) is 5.68. The first kappa shape index (κ1) is 20.8. The number of hydrogen-bond acceptors (Lipinski definition) is 5. The van der Waals surface area contributed by atoms with Gasteiger partial charge < -0.3 is 10.1 Å². The van der Waals surface area contributed by atoms with Crippen LogP contribution in [0.3, 0.4) is 0 Å².